The van der Waals surface area contributed by atoms with Gasteiger partial charge < -0.3 is 10.0 Å². The van der Waals surface area contributed by atoms with Crippen molar-refractivity contribution in [2.45, 2.75) is 20.3 Å². The molecule has 1 aromatic rings. The number of aryl methyl sites for hydroxylation is 1. The minimum Gasteiger partial charge on any atom is -0.395 e. The third-order valence-corrected chi connectivity index (χ3v) is 2.08. The van der Waals surface area contributed by atoms with E-state index in [0.717, 1.165) is 24.3 Å². The van der Waals surface area contributed by atoms with Gasteiger partial charge in [-0.25, -0.2) is 4.98 Å². The Morgan fingerprint density at radius 1 is 1.36 bits per heavy atom. The summed E-state index contributed by atoms with van der Waals surface area (Å²) in [5.74, 6) is 0.950. The van der Waals surface area contributed by atoms with Crippen molar-refractivity contribution in [2.24, 2.45) is 0 Å². The SMILES string of the molecule is CCCN(CCO)c1ccc(C)cn1. The Hall–Kier alpha value is -1.09. The van der Waals surface area contributed by atoms with Crippen LogP contribution in [-0.4, -0.2) is 29.8 Å². The number of aliphatic hydroxyl groups excluding tert-OH is 1. The van der Waals surface area contributed by atoms with E-state index in [2.05, 4.69) is 16.8 Å². The molecular weight excluding hydrogens is 176 g/mol. The molecule has 1 aromatic heterocycles. The van der Waals surface area contributed by atoms with Gasteiger partial charge in [-0.05, 0) is 25.0 Å². The third-order valence-electron chi connectivity index (χ3n) is 2.08. The number of aliphatic hydroxyl groups is 1. The molecule has 1 N–H and O–H groups in total. The van der Waals surface area contributed by atoms with Crippen LogP contribution in [-0.2, 0) is 0 Å². The van der Waals surface area contributed by atoms with Gasteiger partial charge in [0.1, 0.15) is 5.82 Å². The monoisotopic (exact) mass is 194 g/mol. The van der Waals surface area contributed by atoms with Gasteiger partial charge in [0.25, 0.3) is 0 Å². The van der Waals surface area contributed by atoms with Crippen molar-refractivity contribution in [3.05, 3.63) is 23.9 Å². The largest absolute Gasteiger partial charge is 0.395 e. The molecule has 0 aromatic carbocycles. The summed E-state index contributed by atoms with van der Waals surface area (Å²) in [4.78, 5) is 6.43. The molecule has 0 saturated heterocycles. The lowest BCUT2D eigenvalue weighted by molar-refractivity contribution is 0.301. The number of hydrogen-bond acceptors (Lipinski definition) is 3. The van der Waals surface area contributed by atoms with Crippen molar-refractivity contribution in [1.29, 1.82) is 0 Å². The van der Waals surface area contributed by atoms with Gasteiger partial charge in [-0.15, -0.1) is 0 Å². The number of hydrogen-bond donors (Lipinski definition) is 1. The van der Waals surface area contributed by atoms with Crippen LogP contribution in [0.3, 0.4) is 0 Å². The van der Waals surface area contributed by atoms with E-state index in [1.165, 1.54) is 0 Å². The molecule has 78 valence electrons. The van der Waals surface area contributed by atoms with E-state index in [1.807, 2.05) is 25.3 Å². The van der Waals surface area contributed by atoms with Crippen LogP contribution in [0.1, 0.15) is 18.9 Å². The summed E-state index contributed by atoms with van der Waals surface area (Å²) in [6.45, 7) is 5.92. The average Bonchev–Trinajstić information content (AvgIpc) is 2.19. The molecule has 0 aliphatic carbocycles. The summed E-state index contributed by atoms with van der Waals surface area (Å²) in [6, 6.07) is 4.04. The molecule has 1 rings (SSSR count). The third kappa shape index (κ3) is 3.00. The smallest absolute Gasteiger partial charge is 0.128 e. The van der Waals surface area contributed by atoms with Crippen LogP contribution >= 0.6 is 0 Å². The average molecular weight is 194 g/mol. The van der Waals surface area contributed by atoms with E-state index in [4.69, 9.17) is 5.11 Å². The maximum absolute atomic E-state index is 8.91. The zero-order chi connectivity index (χ0) is 10.4. The first-order valence-electron chi connectivity index (χ1n) is 5.06. The Bertz CT molecular complexity index is 252. The molecule has 0 aliphatic heterocycles. The second kappa shape index (κ2) is 5.60. The molecule has 0 aliphatic rings. The topological polar surface area (TPSA) is 36.4 Å². The maximum atomic E-state index is 8.91. The predicted octanol–water partition coefficient (Wildman–Crippen LogP) is 1.60. The highest BCUT2D eigenvalue weighted by Gasteiger charge is 2.04. The number of aromatic nitrogens is 1. The zero-order valence-corrected chi connectivity index (χ0v) is 8.90. The predicted molar refractivity (Wildman–Crippen MR) is 58.6 cm³/mol. The second-order valence-electron chi connectivity index (χ2n) is 3.40. The van der Waals surface area contributed by atoms with Crippen molar-refractivity contribution in [2.75, 3.05) is 24.6 Å². The number of anilines is 1. The summed E-state index contributed by atoms with van der Waals surface area (Å²) < 4.78 is 0. The van der Waals surface area contributed by atoms with Crippen LogP contribution in [0.5, 0.6) is 0 Å². The maximum Gasteiger partial charge on any atom is 0.128 e. The molecule has 0 saturated carbocycles. The molecule has 0 atom stereocenters. The van der Waals surface area contributed by atoms with Gasteiger partial charge in [-0.1, -0.05) is 13.0 Å². The van der Waals surface area contributed by atoms with Crippen molar-refractivity contribution < 1.29 is 5.11 Å². The van der Waals surface area contributed by atoms with Crippen molar-refractivity contribution in [1.82, 2.24) is 4.98 Å². The Labute approximate surface area is 85.4 Å². The lowest BCUT2D eigenvalue weighted by atomic mass is 10.3. The fourth-order valence-electron chi connectivity index (χ4n) is 1.38. The summed E-state index contributed by atoms with van der Waals surface area (Å²) in [6.07, 6.45) is 2.92. The first kappa shape index (κ1) is 11.0. The van der Waals surface area contributed by atoms with Gasteiger partial charge in [0.15, 0.2) is 0 Å². The Morgan fingerprint density at radius 2 is 2.14 bits per heavy atom. The first-order valence-corrected chi connectivity index (χ1v) is 5.06. The van der Waals surface area contributed by atoms with Crippen LogP contribution in [0.2, 0.25) is 0 Å². The summed E-state index contributed by atoms with van der Waals surface area (Å²) in [7, 11) is 0. The van der Waals surface area contributed by atoms with E-state index in [1.54, 1.807) is 0 Å². The normalized spacial score (nSPS) is 10.2. The van der Waals surface area contributed by atoms with Gasteiger partial charge in [0.05, 0.1) is 6.61 Å². The number of rotatable bonds is 5. The van der Waals surface area contributed by atoms with Crippen LogP contribution in [0.15, 0.2) is 18.3 Å². The van der Waals surface area contributed by atoms with Gasteiger partial charge in [-0.3, -0.25) is 0 Å². The van der Waals surface area contributed by atoms with Crippen LogP contribution in [0, 0.1) is 6.92 Å². The van der Waals surface area contributed by atoms with E-state index in [-0.39, 0.29) is 6.61 Å². The number of nitrogens with zero attached hydrogens (tertiary/aromatic N) is 2. The van der Waals surface area contributed by atoms with Crippen LogP contribution in [0.4, 0.5) is 5.82 Å². The standard InChI is InChI=1S/C11H18N2O/c1-3-6-13(7-8-14)11-5-4-10(2)9-12-11/h4-5,9,14H,3,6-8H2,1-2H3. The lowest BCUT2D eigenvalue weighted by Crippen LogP contribution is -2.28. The number of pyridine rings is 1. The molecule has 0 fully saturated rings. The Balaban J connectivity index is 2.71. The minimum atomic E-state index is 0.176. The fourth-order valence-corrected chi connectivity index (χ4v) is 1.38. The molecule has 0 spiro atoms. The molecule has 0 bridgehead atoms. The van der Waals surface area contributed by atoms with E-state index in [9.17, 15) is 0 Å². The van der Waals surface area contributed by atoms with Crippen LogP contribution in [0.25, 0.3) is 0 Å². The molecule has 1 heterocycles. The van der Waals surface area contributed by atoms with Crippen molar-refractivity contribution in [3.8, 4) is 0 Å². The summed E-state index contributed by atoms with van der Waals surface area (Å²) >= 11 is 0. The Morgan fingerprint density at radius 3 is 2.64 bits per heavy atom. The van der Waals surface area contributed by atoms with Gasteiger partial charge in [0, 0.05) is 19.3 Å². The van der Waals surface area contributed by atoms with Gasteiger partial charge in [-0.2, -0.15) is 0 Å². The highest BCUT2D eigenvalue weighted by Crippen LogP contribution is 2.10. The van der Waals surface area contributed by atoms with Gasteiger partial charge in [0.2, 0.25) is 0 Å². The van der Waals surface area contributed by atoms with Crippen molar-refractivity contribution in [3.63, 3.8) is 0 Å². The molecule has 0 amide bonds. The van der Waals surface area contributed by atoms with Gasteiger partial charge >= 0.3 is 0 Å². The quantitative estimate of drug-likeness (QED) is 0.773. The lowest BCUT2D eigenvalue weighted by Gasteiger charge is -2.21. The second-order valence-corrected chi connectivity index (χ2v) is 3.40. The highest BCUT2D eigenvalue weighted by atomic mass is 16.3. The molecule has 3 nitrogen and oxygen atoms in total. The van der Waals surface area contributed by atoms with E-state index >= 15 is 0 Å². The fraction of sp³-hybridized carbons (Fsp3) is 0.545. The molecular formula is C11H18N2O. The zero-order valence-electron chi connectivity index (χ0n) is 8.90. The first-order chi connectivity index (χ1) is 6.77. The summed E-state index contributed by atoms with van der Waals surface area (Å²) in [5.41, 5.74) is 1.16. The Kier molecular flexibility index (Phi) is 4.40. The summed E-state index contributed by atoms with van der Waals surface area (Å²) in [5, 5.41) is 8.91. The molecule has 0 unspecified atom stereocenters. The molecule has 3 heteroatoms. The van der Waals surface area contributed by atoms with Crippen molar-refractivity contribution >= 4 is 5.82 Å². The van der Waals surface area contributed by atoms with E-state index in [0.29, 0.717) is 6.54 Å². The highest BCUT2D eigenvalue weighted by molar-refractivity contribution is 5.38. The molecule has 14 heavy (non-hydrogen) atoms. The molecule has 0 radical (unpaired) electrons. The van der Waals surface area contributed by atoms with Crippen LogP contribution < -0.4 is 4.90 Å². The van der Waals surface area contributed by atoms with E-state index < -0.39 is 0 Å². The minimum absolute atomic E-state index is 0.176.